The van der Waals surface area contributed by atoms with Gasteiger partial charge in [0.05, 0.1) is 6.61 Å². The van der Waals surface area contributed by atoms with Crippen molar-refractivity contribution in [2.75, 3.05) is 13.2 Å². The summed E-state index contributed by atoms with van der Waals surface area (Å²) in [5, 5.41) is 8.55. The zero-order valence-electron chi connectivity index (χ0n) is 8.68. The third-order valence-electron chi connectivity index (χ3n) is 2.77. The molecule has 4 nitrogen and oxygen atoms in total. The summed E-state index contributed by atoms with van der Waals surface area (Å²) in [5.41, 5.74) is 1.31. The van der Waals surface area contributed by atoms with Crippen LogP contribution < -0.4 is 0 Å². The van der Waals surface area contributed by atoms with Gasteiger partial charge < -0.3 is 9.84 Å². The fourth-order valence-electron chi connectivity index (χ4n) is 1.83. The molecule has 0 amide bonds. The molecule has 1 unspecified atom stereocenters. The van der Waals surface area contributed by atoms with E-state index in [1.807, 2.05) is 0 Å². The Morgan fingerprint density at radius 1 is 1.25 bits per heavy atom. The Hall–Kier alpha value is -1.68. The smallest absolute Gasteiger partial charge is 0.377 e. The number of rotatable bonds is 3. The van der Waals surface area contributed by atoms with E-state index in [0.717, 1.165) is 18.6 Å². The minimum Gasteiger partial charge on any atom is -0.475 e. The molecular weight excluding hydrogens is 208 g/mol. The predicted molar refractivity (Wildman–Crippen MR) is 56.6 cm³/mol. The number of aliphatic carboxylic acids is 1. The van der Waals surface area contributed by atoms with Gasteiger partial charge in [-0.15, -0.1) is 0 Å². The molecule has 16 heavy (non-hydrogen) atoms. The maximum atomic E-state index is 11.2. The van der Waals surface area contributed by atoms with Gasteiger partial charge in [-0.25, -0.2) is 4.79 Å². The lowest BCUT2D eigenvalue weighted by Crippen LogP contribution is -2.12. The molecular formula is C12H12O4. The summed E-state index contributed by atoms with van der Waals surface area (Å²) >= 11 is 0. The molecule has 0 saturated carbocycles. The van der Waals surface area contributed by atoms with E-state index in [2.05, 4.69) is 0 Å². The van der Waals surface area contributed by atoms with Crippen LogP contribution in [-0.2, 0) is 9.53 Å². The number of ketones is 1. The summed E-state index contributed by atoms with van der Waals surface area (Å²) < 4.78 is 5.27. The molecule has 1 atom stereocenters. The van der Waals surface area contributed by atoms with E-state index in [0.29, 0.717) is 12.5 Å². The molecule has 0 radical (unpaired) electrons. The molecule has 0 aromatic heterocycles. The molecule has 0 bridgehead atoms. The number of carbonyl (C=O) groups is 2. The number of benzene rings is 1. The van der Waals surface area contributed by atoms with Gasteiger partial charge in [-0.1, -0.05) is 24.3 Å². The van der Waals surface area contributed by atoms with E-state index in [1.54, 1.807) is 24.3 Å². The van der Waals surface area contributed by atoms with Crippen LogP contribution in [0.5, 0.6) is 0 Å². The minimum atomic E-state index is -1.42. The third-order valence-corrected chi connectivity index (χ3v) is 2.77. The molecule has 2 rings (SSSR count). The van der Waals surface area contributed by atoms with E-state index in [9.17, 15) is 9.59 Å². The number of hydrogen-bond donors (Lipinski definition) is 1. The molecule has 1 aromatic rings. The van der Waals surface area contributed by atoms with Gasteiger partial charge in [-0.3, -0.25) is 4.79 Å². The van der Waals surface area contributed by atoms with Crippen molar-refractivity contribution < 1.29 is 19.4 Å². The Kier molecular flexibility index (Phi) is 3.01. The van der Waals surface area contributed by atoms with Gasteiger partial charge in [0.15, 0.2) is 0 Å². The predicted octanol–water partition coefficient (Wildman–Crippen LogP) is 1.46. The monoisotopic (exact) mass is 220 g/mol. The highest BCUT2D eigenvalue weighted by atomic mass is 16.5. The van der Waals surface area contributed by atoms with Gasteiger partial charge in [0.25, 0.3) is 5.78 Å². The highest BCUT2D eigenvalue weighted by Crippen LogP contribution is 2.25. The molecule has 1 saturated heterocycles. The molecule has 1 aromatic carbocycles. The molecule has 1 aliphatic heterocycles. The van der Waals surface area contributed by atoms with Crippen LogP contribution in [0.15, 0.2) is 24.3 Å². The summed E-state index contributed by atoms with van der Waals surface area (Å²) in [6.07, 6.45) is 0.978. The Morgan fingerprint density at radius 2 is 1.94 bits per heavy atom. The molecule has 1 aliphatic rings. The molecule has 84 valence electrons. The minimum absolute atomic E-state index is 0.218. The molecule has 4 heteroatoms. The number of carboxylic acids is 1. The Bertz CT molecular complexity index is 402. The van der Waals surface area contributed by atoms with Crippen LogP contribution >= 0.6 is 0 Å². The first-order chi connectivity index (χ1) is 7.68. The van der Waals surface area contributed by atoms with Gasteiger partial charge in [-0.2, -0.15) is 0 Å². The summed E-state index contributed by atoms with van der Waals surface area (Å²) in [5.74, 6) is -1.92. The lowest BCUT2D eigenvalue weighted by Gasteiger charge is -2.07. The van der Waals surface area contributed by atoms with Crippen molar-refractivity contribution in [2.24, 2.45) is 0 Å². The molecule has 1 fully saturated rings. The molecule has 0 aliphatic carbocycles. The first-order valence-corrected chi connectivity index (χ1v) is 5.14. The van der Waals surface area contributed by atoms with Gasteiger partial charge in [0, 0.05) is 18.1 Å². The van der Waals surface area contributed by atoms with Crippen molar-refractivity contribution in [3.05, 3.63) is 35.4 Å². The summed E-state index contributed by atoms with van der Waals surface area (Å²) in [6, 6.07) is 6.72. The number of Topliss-reactive ketones (excluding diaryl/α,β-unsaturated/α-hetero) is 1. The van der Waals surface area contributed by atoms with Crippen LogP contribution in [0.25, 0.3) is 0 Å². The normalized spacial score (nSPS) is 19.6. The highest BCUT2D eigenvalue weighted by molar-refractivity contribution is 6.39. The summed E-state index contributed by atoms with van der Waals surface area (Å²) in [7, 11) is 0. The standard InChI is InChI=1S/C12H12O4/c13-11(12(14)15)9-3-1-8(2-4-9)10-5-6-16-7-10/h1-4,10H,5-7H2,(H,14,15). The number of hydrogen-bond acceptors (Lipinski definition) is 3. The fraction of sp³-hybridized carbons (Fsp3) is 0.333. The zero-order chi connectivity index (χ0) is 11.5. The Labute approximate surface area is 92.8 Å². The van der Waals surface area contributed by atoms with Crippen molar-refractivity contribution in [3.8, 4) is 0 Å². The van der Waals surface area contributed by atoms with Crippen LogP contribution in [0.4, 0.5) is 0 Å². The Balaban J connectivity index is 2.15. The van der Waals surface area contributed by atoms with Crippen molar-refractivity contribution in [1.29, 1.82) is 0 Å². The molecule has 1 N–H and O–H groups in total. The average Bonchev–Trinajstić information content (AvgIpc) is 2.81. The highest BCUT2D eigenvalue weighted by Gasteiger charge is 2.19. The van der Waals surface area contributed by atoms with Gasteiger partial charge in [0.1, 0.15) is 0 Å². The average molecular weight is 220 g/mol. The topological polar surface area (TPSA) is 63.6 Å². The lowest BCUT2D eigenvalue weighted by molar-refractivity contribution is -0.131. The van der Waals surface area contributed by atoms with Gasteiger partial charge >= 0.3 is 5.97 Å². The zero-order valence-corrected chi connectivity index (χ0v) is 8.68. The second-order valence-corrected chi connectivity index (χ2v) is 3.82. The van der Waals surface area contributed by atoms with Crippen LogP contribution in [0.2, 0.25) is 0 Å². The van der Waals surface area contributed by atoms with Gasteiger partial charge in [-0.05, 0) is 12.0 Å². The SMILES string of the molecule is O=C(O)C(=O)c1ccc(C2CCOC2)cc1. The fourth-order valence-corrected chi connectivity index (χ4v) is 1.83. The summed E-state index contributed by atoms with van der Waals surface area (Å²) in [4.78, 5) is 21.6. The van der Waals surface area contributed by atoms with E-state index in [1.165, 1.54) is 0 Å². The number of carboxylic acid groups (broad SMARTS) is 1. The number of carbonyl (C=O) groups excluding carboxylic acids is 1. The van der Waals surface area contributed by atoms with E-state index < -0.39 is 11.8 Å². The largest absolute Gasteiger partial charge is 0.475 e. The molecule has 1 heterocycles. The number of ether oxygens (including phenoxy) is 1. The maximum Gasteiger partial charge on any atom is 0.377 e. The van der Waals surface area contributed by atoms with Gasteiger partial charge in [0.2, 0.25) is 0 Å². The van der Waals surface area contributed by atoms with Crippen molar-refractivity contribution in [3.63, 3.8) is 0 Å². The van der Waals surface area contributed by atoms with E-state index >= 15 is 0 Å². The quantitative estimate of drug-likeness (QED) is 0.618. The van der Waals surface area contributed by atoms with Crippen LogP contribution in [0.1, 0.15) is 28.3 Å². The second-order valence-electron chi connectivity index (χ2n) is 3.82. The van der Waals surface area contributed by atoms with Crippen molar-refractivity contribution in [1.82, 2.24) is 0 Å². The van der Waals surface area contributed by atoms with Crippen LogP contribution in [-0.4, -0.2) is 30.1 Å². The summed E-state index contributed by atoms with van der Waals surface area (Å²) in [6.45, 7) is 1.46. The first-order valence-electron chi connectivity index (χ1n) is 5.14. The first kappa shape index (κ1) is 10.8. The van der Waals surface area contributed by atoms with Crippen LogP contribution in [0, 0.1) is 0 Å². The lowest BCUT2D eigenvalue weighted by atomic mass is 9.97. The van der Waals surface area contributed by atoms with Crippen molar-refractivity contribution in [2.45, 2.75) is 12.3 Å². The van der Waals surface area contributed by atoms with E-state index in [4.69, 9.17) is 9.84 Å². The second kappa shape index (κ2) is 4.45. The van der Waals surface area contributed by atoms with E-state index in [-0.39, 0.29) is 5.56 Å². The Morgan fingerprint density at radius 3 is 2.44 bits per heavy atom. The van der Waals surface area contributed by atoms with Crippen molar-refractivity contribution >= 4 is 11.8 Å². The molecule has 0 spiro atoms. The van der Waals surface area contributed by atoms with Crippen LogP contribution in [0.3, 0.4) is 0 Å². The third kappa shape index (κ3) is 2.12. The maximum absolute atomic E-state index is 11.2.